The molecule has 0 radical (unpaired) electrons. The number of benzene rings is 1. The van der Waals surface area contributed by atoms with Gasteiger partial charge in [-0.25, -0.2) is 0 Å². The van der Waals surface area contributed by atoms with Crippen molar-refractivity contribution in [2.45, 2.75) is 31.5 Å². The van der Waals surface area contributed by atoms with E-state index in [2.05, 4.69) is 36.3 Å². The quantitative estimate of drug-likeness (QED) is 0.566. The first-order valence-electron chi connectivity index (χ1n) is 7.59. The minimum absolute atomic E-state index is 0.191. The maximum Gasteiger partial charge on any atom is 0.257 e. The van der Waals surface area contributed by atoms with Crippen LogP contribution in [0.3, 0.4) is 0 Å². The van der Waals surface area contributed by atoms with E-state index in [1.807, 2.05) is 0 Å². The zero-order valence-corrected chi connectivity index (χ0v) is 15.2. The third-order valence-corrected chi connectivity index (χ3v) is 5.16. The van der Waals surface area contributed by atoms with Crippen LogP contribution in [0.4, 0.5) is 5.13 Å². The highest BCUT2D eigenvalue weighted by Gasteiger charge is 2.11. The van der Waals surface area contributed by atoms with E-state index in [4.69, 9.17) is 4.74 Å². The van der Waals surface area contributed by atoms with Crippen molar-refractivity contribution in [3.63, 3.8) is 0 Å². The molecule has 1 aromatic heterocycles. The van der Waals surface area contributed by atoms with Gasteiger partial charge in [0.25, 0.3) is 5.91 Å². The van der Waals surface area contributed by atoms with Crippen LogP contribution in [0.5, 0.6) is 5.75 Å². The summed E-state index contributed by atoms with van der Waals surface area (Å²) in [7, 11) is 0. The number of thioether (sulfide) groups is 1. The molecule has 0 saturated heterocycles. The van der Waals surface area contributed by atoms with Gasteiger partial charge in [0.15, 0.2) is 4.34 Å². The molecule has 0 bridgehead atoms. The van der Waals surface area contributed by atoms with Crippen molar-refractivity contribution in [2.75, 3.05) is 17.7 Å². The molecular formula is C16H21N3O2S2. The van der Waals surface area contributed by atoms with E-state index in [0.717, 1.165) is 22.3 Å². The van der Waals surface area contributed by atoms with Gasteiger partial charge in [0, 0.05) is 11.3 Å². The van der Waals surface area contributed by atoms with Crippen LogP contribution in [-0.4, -0.2) is 28.5 Å². The zero-order valence-electron chi connectivity index (χ0n) is 13.5. The van der Waals surface area contributed by atoms with Gasteiger partial charge in [-0.1, -0.05) is 43.9 Å². The number of aromatic nitrogens is 2. The molecule has 1 heterocycles. The van der Waals surface area contributed by atoms with E-state index in [-0.39, 0.29) is 5.91 Å². The summed E-state index contributed by atoms with van der Waals surface area (Å²) >= 11 is 3.06. The molecule has 0 fully saturated rings. The Morgan fingerprint density at radius 2 is 2.04 bits per heavy atom. The fraction of sp³-hybridized carbons (Fsp3) is 0.438. The van der Waals surface area contributed by atoms with Gasteiger partial charge in [-0.2, -0.15) is 0 Å². The minimum atomic E-state index is -0.191. The van der Waals surface area contributed by atoms with Crippen LogP contribution in [0.1, 0.15) is 37.6 Å². The van der Waals surface area contributed by atoms with Gasteiger partial charge >= 0.3 is 0 Å². The van der Waals surface area contributed by atoms with Crippen molar-refractivity contribution in [3.8, 4) is 5.75 Å². The standard InChI is InChI=1S/C16H21N3O2S2/c1-4-9-21-13-7-5-12(6-8-13)14(20)17-15-18-19-16(23-15)22-10-11(2)3/h5-8,11H,4,9-10H2,1-3H3,(H,17,18,20). The summed E-state index contributed by atoms with van der Waals surface area (Å²) in [6.45, 7) is 7.04. The Morgan fingerprint density at radius 1 is 1.30 bits per heavy atom. The van der Waals surface area contributed by atoms with Crippen molar-refractivity contribution in [1.82, 2.24) is 10.2 Å². The van der Waals surface area contributed by atoms with Gasteiger partial charge in [-0.15, -0.1) is 10.2 Å². The van der Waals surface area contributed by atoms with Crippen LogP contribution in [0.15, 0.2) is 28.6 Å². The highest BCUT2D eigenvalue weighted by atomic mass is 32.2. The summed E-state index contributed by atoms with van der Waals surface area (Å²) in [6, 6.07) is 7.09. The third-order valence-electron chi connectivity index (χ3n) is 2.76. The topological polar surface area (TPSA) is 64.1 Å². The summed E-state index contributed by atoms with van der Waals surface area (Å²) in [5.41, 5.74) is 0.570. The monoisotopic (exact) mass is 351 g/mol. The fourth-order valence-corrected chi connectivity index (χ4v) is 3.37. The lowest BCUT2D eigenvalue weighted by Gasteiger charge is -2.05. The summed E-state index contributed by atoms with van der Waals surface area (Å²) in [5, 5.41) is 11.4. The van der Waals surface area contributed by atoms with Gasteiger partial charge in [-0.3, -0.25) is 10.1 Å². The molecule has 1 aromatic carbocycles. The second-order valence-corrected chi connectivity index (χ2v) is 7.65. The van der Waals surface area contributed by atoms with Crippen LogP contribution >= 0.6 is 23.1 Å². The average molecular weight is 351 g/mol. The molecular weight excluding hydrogens is 330 g/mol. The molecule has 0 spiro atoms. The molecule has 0 saturated carbocycles. The number of carbonyl (C=O) groups excluding carboxylic acids is 1. The molecule has 7 heteroatoms. The number of amides is 1. The van der Waals surface area contributed by atoms with E-state index in [1.165, 1.54) is 11.3 Å². The number of nitrogens with zero attached hydrogens (tertiary/aromatic N) is 2. The van der Waals surface area contributed by atoms with Crippen LogP contribution in [0.2, 0.25) is 0 Å². The molecule has 1 N–H and O–H groups in total. The molecule has 23 heavy (non-hydrogen) atoms. The Morgan fingerprint density at radius 3 is 2.70 bits per heavy atom. The first-order chi connectivity index (χ1) is 11.1. The Balaban J connectivity index is 1.91. The fourth-order valence-electron chi connectivity index (χ4n) is 1.65. The molecule has 5 nitrogen and oxygen atoms in total. The maximum atomic E-state index is 12.2. The molecule has 2 aromatic rings. The molecule has 124 valence electrons. The van der Waals surface area contributed by atoms with Gasteiger partial charge in [0.1, 0.15) is 5.75 Å². The Bertz CT molecular complexity index is 627. The van der Waals surface area contributed by atoms with E-state index in [0.29, 0.717) is 23.2 Å². The minimum Gasteiger partial charge on any atom is -0.494 e. The zero-order chi connectivity index (χ0) is 16.7. The van der Waals surface area contributed by atoms with Crippen molar-refractivity contribution < 1.29 is 9.53 Å². The van der Waals surface area contributed by atoms with Gasteiger partial charge in [-0.05, 0) is 36.6 Å². The number of hydrogen-bond donors (Lipinski definition) is 1. The predicted octanol–water partition coefficient (Wildman–Crippen LogP) is 4.33. The van der Waals surface area contributed by atoms with Crippen LogP contribution in [0, 0.1) is 5.92 Å². The summed E-state index contributed by atoms with van der Waals surface area (Å²) in [6.07, 6.45) is 0.955. The Kier molecular flexibility index (Phi) is 6.85. The molecule has 0 unspecified atom stereocenters. The van der Waals surface area contributed by atoms with Gasteiger partial charge < -0.3 is 4.74 Å². The Hall–Kier alpha value is -1.60. The van der Waals surface area contributed by atoms with Gasteiger partial charge in [0.05, 0.1) is 6.61 Å². The lowest BCUT2D eigenvalue weighted by Crippen LogP contribution is -2.11. The number of rotatable bonds is 8. The number of nitrogens with one attached hydrogen (secondary N) is 1. The van der Waals surface area contributed by atoms with Crippen molar-refractivity contribution in [1.29, 1.82) is 0 Å². The predicted molar refractivity (Wildman–Crippen MR) is 95.7 cm³/mol. The lowest BCUT2D eigenvalue weighted by molar-refractivity contribution is 0.102. The summed E-state index contributed by atoms with van der Waals surface area (Å²) in [4.78, 5) is 12.2. The van der Waals surface area contributed by atoms with Crippen LogP contribution in [0.25, 0.3) is 0 Å². The molecule has 0 atom stereocenters. The van der Waals surface area contributed by atoms with E-state index in [9.17, 15) is 4.79 Å². The van der Waals surface area contributed by atoms with E-state index in [1.54, 1.807) is 36.0 Å². The van der Waals surface area contributed by atoms with Crippen LogP contribution < -0.4 is 10.1 Å². The Labute approximate surface area is 144 Å². The molecule has 0 aliphatic heterocycles. The number of hydrogen-bond acceptors (Lipinski definition) is 6. The number of anilines is 1. The molecule has 0 aliphatic carbocycles. The third kappa shape index (κ3) is 5.84. The normalized spacial score (nSPS) is 10.8. The van der Waals surface area contributed by atoms with Crippen LogP contribution in [-0.2, 0) is 0 Å². The molecule has 0 aliphatic rings. The first-order valence-corrected chi connectivity index (χ1v) is 9.39. The summed E-state index contributed by atoms with van der Waals surface area (Å²) < 4.78 is 6.38. The first kappa shape index (κ1) is 17.7. The SMILES string of the molecule is CCCOc1ccc(C(=O)Nc2nnc(SCC(C)C)s2)cc1. The smallest absolute Gasteiger partial charge is 0.257 e. The van der Waals surface area contributed by atoms with E-state index < -0.39 is 0 Å². The average Bonchev–Trinajstić information content (AvgIpc) is 2.99. The number of carbonyl (C=O) groups is 1. The lowest BCUT2D eigenvalue weighted by atomic mass is 10.2. The van der Waals surface area contributed by atoms with Crippen molar-refractivity contribution >= 4 is 34.1 Å². The molecule has 1 amide bonds. The largest absolute Gasteiger partial charge is 0.494 e. The summed E-state index contributed by atoms with van der Waals surface area (Å²) in [5.74, 6) is 2.16. The molecule has 2 rings (SSSR count). The maximum absolute atomic E-state index is 12.2. The second-order valence-electron chi connectivity index (χ2n) is 5.40. The van der Waals surface area contributed by atoms with Crippen molar-refractivity contribution in [2.24, 2.45) is 5.92 Å². The van der Waals surface area contributed by atoms with E-state index >= 15 is 0 Å². The highest BCUT2D eigenvalue weighted by Crippen LogP contribution is 2.27. The second kappa shape index (κ2) is 8.88. The van der Waals surface area contributed by atoms with Crippen molar-refractivity contribution in [3.05, 3.63) is 29.8 Å². The van der Waals surface area contributed by atoms with Gasteiger partial charge in [0.2, 0.25) is 5.13 Å². The highest BCUT2D eigenvalue weighted by molar-refractivity contribution is 8.01. The number of ether oxygens (including phenoxy) is 1.